The van der Waals surface area contributed by atoms with Gasteiger partial charge in [-0.25, -0.2) is 0 Å². The molecule has 38 heavy (non-hydrogen) atoms. The monoisotopic (exact) mass is 546 g/mol. The molecule has 0 heterocycles. The number of nitrogens with one attached hydrogen (secondary N) is 3. The van der Waals surface area contributed by atoms with Gasteiger partial charge in [0.15, 0.2) is 7.85 Å². The molecule has 218 valence electrons. The first-order chi connectivity index (χ1) is 18.2. The Labute approximate surface area is 224 Å². The molecular formula is C23H43BN4O10. The fourth-order valence-electron chi connectivity index (χ4n) is 2.81. The van der Waals surface area contributed by atoms with Crippen LogP contribution in [0.5, 0.6) is 0 Å². The van der Waals surface area contributed by atoms with Gasteiger partial charge in [-0.2, -0.15) is 0 Å². The van der Waals surface area contributed by atoms with Crippen molar-refractivity contribution < 1.29 is 48.0 Å². The highest BCUT2D eigenvalue weighted by molar-refractivity contribution is 6.59. The molecule has 0 bridgehead atoms. The smallest absolute Gasteiger partial charge is 0.303 e. The number of unbranched alkanes of at least 4 members (excludes halogenated alkanes) is 1. The lowest BCUT2D eigenvalue weighted by Gasteiger charge is -2.09. The summed E-state index contributed by atoms with van der Waals surface area (Å²) < 4.78 is 21.0. The van der Waals surface area contributed by atoms with Gasteiger partial charge in [-0.15, -0.1) is 0 Å². The SMILES string of the molecule is BC(=O)[C@@H](N)CCCCNC(=O)COCCOCCNC(=O)COCCOCCNC(=O)CCCC(=O)O. The molecule has 14 nitrogen and oxygen atoms in total. The molecule has 0 radical (unpaired) electrons. The molecule has 0 unspecified atom stereocenters. The topological polar surface area (TPSA) is 205 Å². The summed E-state index contributed by atoms with van der Waals surface area (Å²) >= 11 is 0. The summed E-state index contributed by atoms with van der Waals surface area (Å²) in [6.45, 7) is 2.49. The third-order valence-electron chi connectivity index (χ3n) is 4.93. The number of hydrogen-bond donors (Lipinski definition) is 5. The zero-order valence-corrected chi connectivity index (χ0v) is 22.3. The van der Waals surface area contributed by atoms with E-state index in [2.05, 4.69) is 16.0 Å². The van der Waals surface area contributed by atoms with E-state index in [1.807, 2.05) is 0 Å². The van der Waals surface area contributed by atoms with Gasteiger partial charge in [0, 0.05) is 32.5 Å². The van der Waals surface area contributed by atoms with E-state index < -0.39 is 12.0 Å². The zero-order chi connectivity index (χ0) is 28.4. The summed E-state index contributed by atoms with van der Waals surface area (Å²) in [5, 5.41) is 16.5. The molecule has 0 aromatic heterocycles. The van der Waals surface area contributed by atoms with Crippen molar-refractivity contribution in [2.24, 2.45) is 5.73 Å². The highest BCUT2D eigenvalue weighted by Crippen LogP contribution is 1.98. The van der Waals surface area contributed by atoms with Crippen LogP contribution in [0, 0.1) is 0 Å². The van der Waals surface area contributed by atoms with Crippen molar-refractivity contribution in [3.8, 4) is 0 Å². The highest BCUT2D eigenvalue weighted by atomic mass is 16.5. The van der Waals surface area contributed by atoms with E-state index >= 15 is 0 Å². The number of aliphatic carboxylic acids is 1. The van der Waals surface area contributed by atoms with Crippen molar-refractivity contribution in [1.29, 1.82) is 0 Å². The van der Waals surface area contributed by atoms with Crippen LogP contribution in [0.4, 0.5) is 0 Å². The second-order valence-corrected chi connectivity index (χ2v) is 8.34. The third-order valence-corrected chi connectivity index (χ3v) is 4.93. The number of amides is 3. The Balaban J connectivity index is 3.38. The minimum atomic E-state index is -0.929. The molecule has 0 aromatic rings. The number of hydrogen-bond acceptors (Lipinski definition) is 10. The average Bonchev–Trinajstić information content (AvgIpc) is 2.86. The number of carboxylic acid groups (broad SMARTS) is 1. The quantitative estimate of drug-likeness (QED) is 0.0558. The molecular weight excluding hydrogens is 503 g/mol. The van der Waals surface area contributed by atoms with E-state index in [9.17, 15) is 24.0 Å². The first-order valence-corrected chi connectivity index (χ1v) is 12.8. The van der Waals surface area contributed by atoms with Gasteiger partial charge in [0.2, 0.25) is 17.7 Å². The Hall–Kier alpha value is -2.59. The van der Waals surface area contributed by atoms with E-state index in [1.165, 1.54) is 7.85 Å². The first kappa shape index (κ1) is 35.4. The maximum absolute atomic E-state index is 11.7. The van der Waals surface area contributed by atoms with E-state index in [4.69, 9.17) is 29.8 Å². The first-order valence-electron chi connectivity index (χ1n) is 12.8. The van der Waals surface area contributed by atoms with Crippen LogP contribution in [-0.4, -0.2) is 121 Å². The van der Waals surface area contributed by atoms with Crippen LogP contribution in [-0.2, 0) is 42.9 Å². The molecule has 6 N–H and O–H groups in total. The largest absolute Gasteiger partial charge is 0.481 e. The average molecular weight is 546 g/mol. The molecule has 0 spiro atoms. The zero-order valence-electron chi connectivity index (χ0n) is 22.3. The number of nitrogens with two attached hydrogens (primary N) is 1. The molecule has 3 amide bonds. The van der Waals surface area contributed by atoms with Crippen molar-refractivity contribution in [2.45, 2.75) is 44.6 Å². The Bertz CT molecular complexity index is 699. The summed E-state index contributed by atoms with van der Waals surface area (Å²) in [5.74, 6) is -1.67. The second kappa shape index (κ2) is 24.7. The molecule has 0 saturated heterocycles. The van der Waals surface area contributed by atoms with Crippen molar-refractivity contribution in [3.63, 3.8) is 0 Å². The molecule has 0 fully saturated rings. The fraction of sp³-hybridized carbons (Fsp3) is 0.783. The normalized spacial score (nSPS) is 11.5. The highest BCUT2D eigenvalue weighted by Gasteiger charge is 2.07. The standard InChI is InChI=1S/C23H43BN4O10/c24-23(34)18(25)4-1-2-7-26-20(30)16-37-14-13-36-11-9-28-21(31)17-38-15-12-35-10-8-27-19(29)5-3-6-22(32)33/h18H,1-17,24-25H2,(H,26,30)(H,27,29)(H,28,31)(H,32,33)/t18-/m0/s1. The molecule has 0 aliphatic heterocycles. The van der Waals surface area contributed by atoms with Crippen LogP contribution < -0.4 is 21.7 Å². The predicted molar refractivity (Wildman–Crippen MR) is 139 cm³/mol. The van der Waals surface area contributed by atoms with Crippen molar-refractivity contribution in [2.75, 3.05) is 72.5 Å². The van der Waals surface area contributed by atoms with E-state index in [1.54, 1.807) is 0 Å². The minimum Gasteiger partial charge on any atom is -0.481 e. The minimum absolute atomic E-state index is 0.0363. The summed E-state index contributed by atoms with van der Waals surface area (Å²) in [6.07, 6.45) is 2.51. The Morgan fingerprint density at radius 2 is 1.16 bits per heavy atom. The fourth-order valence-corrected chi connectivity index (χ4v) is 2.81. The van der Waals surface area contributed by atoms with Crippen molar-refractivity contribution in [3.05, 3.63) is 0 Å². The lowest BCUT2D eigenvalue weighted by molar-refractivity contribution is -0.137. The van der Waals surface area contributed by atoms with Crippen molar-refractivity contribution in [1.82, 2.24) is 16.0 Å². The van der Waals surface area contributed by atoms with Gasteiger partial charge in [-0.3, -0.25) is 19.2 Å². The van der Waals surface area contributed by atoms with Gasteiger partial charge in [0.1, 0.15) is 13.2 Å². The molecule has 0 saturated carbocycles. The lowest BCUT2D eigenvalue weighted by Crippen LogP contribution is -2.32. The van der Waals surface area contributed by atoms with Crippen molar-refractivity contribution >= 4 is 37.2 Å². The second-order valence-electron chi connectivity index (χ2n) is 8.34. The summed E-state index contributed by atoms with van der Waals surface area (Å²) in [7, 11) is 1.46. The van der Waals surface area contributed by atoms with Crippen LogP contribution in [0.2, 0.25) is 0 Å². The van der Waals surface area contributed by atoms with Crippen LogP contribution in [0.25, 0.3) is 0 Å². The van der Waals surface area contributed by atoms with E-state index in [0.717, 1.165) is 12.8 Å². The van der Waals surface area contributed by atoms with Gasteiger partial charge in [-0.05, 0) is 25.7 Å². The van der Waals surface area contributed by atoms with Gasteiger partial charge in [0.25, 0.3) is 0 Å². The maximum atomic E-state index is 11.7. The molecule has 15 heteroatoms. The lowest BCUT2D eigenvalue weighted by atomic mass is 9.92. The maximum Gasteiger partial charge on any atom is 0.303 e. The molecule has 0 aliphatic rings. The van der Waals surface area contributed by atoms with E-state index in [0.29, 0.717) is 32.5 Å². The molecule has 0 rings (SSSR count). The van der Waals surface area contributed by atoms with Crippen LogP contribution in [0.15, 0.2) is 0 Å². The Kier molecular flexibility index (Phi) is 23.1. The Morgan fingerprint density at radius 3 is 1.68 bits per heavy atom. The molecule has 0 aliphatic carbocycles. The summed E-state index contributed by atoms with van der Waals surface area (Å²) in [6, 6.07) is -0.438. The van der Waals surface area contributed by atoms with Crippen LogP contribution in [0.1, 0.15) is 38.5 Å². The molecule has 1 atom stereocenters. The van der Waals surface area contributed by atoms with Gasteiger partial charge in [-0.1, -0.05) is 0 Å². The van der Waals surface area contributed by atoms with Gasteiger partial charge >= 0.3 is 5.97 Å². The van der Waals surface area contributed by atoms with Crippen LogP contribution in [0.3, 0.4) is 0 Å². The number of ether oxygens (including phenoxy) is 4. The Morgan fingerprint density at radius 1 is 0.658 bits per heavy atom. The number of carbonyl (C=O) groups excluding carboxylic acids is 4. The van der Waals surface area contributed by atoms with E-state index in [-0.39, 0.29) is 89.1 Å². The number of rotatable bonds is 26. The number of carboxylic acids is 1. The molecule has 0 aromatic carbocycles. The van der Waals surface area contributed by atoms with Gasteiger partial charge in [0.05, 0.1) is 51.4 Å². The summed E-state index contributed by atoms with van der Waals surface area (Å²) in [4.78, 5) is 56.2. The number of carbonyl (C=O) groups is 5. The predicted octanol–water partition coefficient (Wildman–Crippen LogP) is -2.69. The van der Waals surface area contributed by atoms with Crippen LogP contribution >= 0.6 is 0 Å². The summed E-state index contributed by atoms with van der Waals surface area (Å²) in [5.41, 5.74) is 5.61. The van der Waals surface area contributed by atoms with Gasteiger partial charge < -0.3 is 50.5 Å². The third kappa shape index (κ3) is 25.1.